The first kappa shape index (κ1) is 5.45. The molecule has 0 aliphatic heterocycles. The predicted octanol–water partition coefficient (Wildman–Crippen LogP) is 0.281. The Bertz CT molecular complexity index is 62.4. The molecule has 0 aromatic heterocycles. The van der Waals surface area contributed by atoms with Gasteiger partial charge in [-0.2, -0.15) is 5.26 Å². The third-order valence-corrected chi connectivity index (χ3v) is 0.387. The van der Waals surface area contributed by atoms with Crippen LogP contribution in [0.15, 0.2) is 0 Å². The minimum Gasteiger partial charge on any atom is -0.392 e. The second kappa shape index (κ2) is 2.67. The lowest BCUT2D eigenvalue weighted by molar-refractivity contribution is 0.200. The topological polar surface area (TPSA) is 44.0 Å². The van der Waals surface area contributed by atoms with Crippen LogP contribution in [0, 0.1) is 11.3 Å². The number of aliphatic hydroxyl groups excluding tert-OH is 1. The van der Waals surface area contributed by atoms with Crippen LogP contribution in [-0.2, 0) is 0 Å². The second-order valence-corrected chi connectivity index (χ2v) is 1.21. The van der Waals surface area contributed by atoms with Gasteiger partial charge in [-0.05, 0) is 6.92 Å². The standard InChI is InChI=1S/C4H7NO/c1-4(6)2-3-5/h4,6H,2H2,1H3/i1+1. The molecule has 1 N–H and O–H groups in total. The van der Waals surface area contributed by atoms with Gasteiger partial charge >= 0.3 is 0 Å². The Balaban J connectivity index is 2.88. The van der Waals surface area contributed by atoms with Gasteiger partial charge in [0.2, 0.25) is 0 Å². The largest absolute Gasteiger partial charge is 0.392 e. The quantitative estimate of drug-likeness (QED) is 0.466. The zero-order valence-corrected chi connectivity index (χ0v) is 3.68. The van der Waals surface area contributed by atoms with E-state index in [1.165, 1.54) is 0 Å². The van der Waals surface area contributed by atoms with E-state index in [-0.39, 0.29) is 6.42 Å². The maximum atomic E-state index is 8.33. The zero-order valence-electron chi connectivity index (χ0n) is 3.68. The van der Waals surface area contributed by atoms with Gasteiger partial charge < -0.3 is 5.11 Å². The molecule has 0 radical (unpaired) electrons. The van der Waals surface area contributed by atoms with E-state index in [2.05, 4.69) is 0 Å². The molecule has 0 saturated heterocycles. The van der Waals surface area contributed by atoms with E-state index in [0.29, 0.717) is 0 Å². The van der Waals surface area contributed by atoms with Gasteiger partial charge in [-0.1, -0.05) is 0 Å². The molecule has 0 amide bonds. The lowest BCUT2D eigenvalue weighted by Crippen LogP contribution is -1.94. The third-order valence-electron chi connectivity index (χ3n) is 0.387. The normalized spacial score (nSPS) is 12.8. The fraction of sp³-hybridized carbons (Fsp3) is 0.750. The smallest absolute Gasteiger partial charge is 0.0648 e. The Morgan fingerprint density at radius 2 is 2.50 bits per heavy atom. The summed E-state index contributed by atoms with van der Waals surface area (Å²) < 4.78 is 0. The first-order valence-corrected chi connectivity index (χ1v) is 1.82. The van der Waals surface area contributed by atoms with Crippen molar-refractivity contribution in [3.05, 3.63) is 0 Å². The monoisotopic (exact) mass is 86.1 g/mol. The molecule has 0 aromatic carbocycles. The van der Waals surface area contributed by atoms with Crippen LogP contribution in [0.3, 0.4) is 0 Å². The molecule has 0 saturated carbocycles. The Morgan fingerprint density at radius 3 is 2.50 bits per heavy atom. The van der Waals surface area contributed by atoms with Crippen molar-refractivity contribution in [2.24, 2.45) is 0 Å². The summed E-state index contributed by atoms with van der Waals surface area (Å²) in [6.07, 6.45) is -0.227. The molecular weight excluding hydrogens is 79.0 g/mol. The summed E-state index contributed by atoms with van der Waals surface area (Å²) in [5.41, 5.74) is 0. The van der Waals surface area contributed by atoms with Crippen LogP contribution in [0.5, 0.6) is 0 Å². The van der Waals surface area contributed by atoms with E-state index in [1.807, 2.05) is 6.07 Å². The first-order chi connectivity index (χ1) is 2.77. The van der Waals surface area contributed by atoms with Crippen LogP contribution >= 0.6 is 0 Å². The molecule has 2 nitrogen and oxygen atoms in total. The van der Waals surface area contributed by atoms with E-state index in [4.69, 9.17) is 10.4 Å². The van der Waals surface area contributed by atoms with Crippen molar-refractivity contribution in [1.82, 2.24) is 0 Å². The lowest BCUT2D eigenvalue weighted by atomic mass is 10.4. The lowest BCUT2D eigenvalue weighted by Gasteiger charge is -1.88. The molecule has 34 valence electrons. The van der Waals surface area contributed by atoms with E-state index in [9.17, 15) is 0 Å². The van der Waals surface area contributed by atoms with Crippen molar-refractivity contribution in [3.63, 3.8) is 0 Å². The molecule has 1 atom stereocenters. The minimum absolute atomic E-state index is 0.236. The van der Waals surface area contributed by atoms with Crippen LogP contribution in [0.1, 0.15) is 13.3 Å². The molecule has 1 unspecified atom stereocenters. The zero-order chi connectivity index (χ0) is 4.99. The summed E-state index contributed by atoms with van der Waals surface area (Å²) in [5.74, 6) is 0. The summed E-state index contributed by atoms with van der Waals surface area (Å²) >= 11 is 0. The van der Waals surface area contributed by atoms with Gasteiger partial charge in [0.1, 0.15) is 0 Å². The number of nitriles is 1. The molecule has 0 fully saturated rings. The molecule has 6 heavy (non-hydrogen) atoms. The fourth-order valence-corrected chi connectivity index (χ4v) is 0.132. The third kappa shape index (κ3) is 3.45. The van der Waals surface area contributed by atoms with Crippen molar-refractivity contribution in [1.29, 1.82) is 5.26 Å². The van der Waals surface area contributed by atoms with Gasteiger partial charge in [0.15, 0.2) is 0 Å². The predicted molar refractivity (Wildman–Crippen MR) is 21.9 cm³/mol. The highest BCUT2D eigenvalue weighted by atomic mass is 16.3. The van der Waals surface area contributed by atoms with Crippen molar-refractivity contribution >= 4 is 0 Å². The summed E-state index contributed by atoms with van der Waals surface area (Å²) in [7, 11) is 0. The molecule has 0 bridgehead atoms. The molecular formula is C4H7NO. The molecule has 0 aliphatic rings. The minimum atomic E-state index is -0.463. The maximum Gasteiger partial charge on any atom is 0.0648 e. The van der Waals surface area contributed by atoms with E-state index < -0.39 is 6.10 Å². The van der Waals surface area contributed by atoms with E-state index >= 15 is 0 Å². The number of hydrogen-bond donors (Lipinski definition) is 1. The van der Waals surface area contributed by atoms with E-state index in [0.717, 1.165) is 0 Å². The Labute approximate surface area is 37.0 Å². The second-order valence-electron chi connectivity index (χ2n) is 1.21. The number of hydrogen-bond acceptors (Lipinski definition) is 2. The van der Waals surface area contributed by atoms with Crippen LogP contribution in [0.2, 0.25) is 0 Å². The highest BCUT2D eigenvalue weighted by Gasteiger charge is 1.87. The van der Waals surface area contributed by atoms with Crippen molar-refractivity contribution < 1.29 is 5.11 Å². The molecule has 0 heterocycles. The average molecular weight is 86.1 g/mol. The first-order valence-electron chi connectivity index (χ1n) is 1.82. The van der Waals surface area contributed by atoms with Gasteiger partial charge in [0, 0.05) is 0 Å². The van der Waals surface area contributed by atoms with Crippen molar-refractivity contribution in [2.75, 3.05) is 0 Å². The summed E-state index contributed by atoms with van der Waals surface area (Å²) in [5, 5.41) is 16.2. The van der Waals surface area contributed by atoms with Crippen LogP contribution in [0.4, 0.5) is 0 Å². The van der Waals surface area contributed by atoms with Gasteiger partial charge in [-0.15, -0.1) is 0 Å². The van der Waals surface area contributed by atoms with Gasteiger partial charge in [-0.3, -0.25) is 0 Å². The summed E-state index contributed by atoms with van der Waals surface area (Å²) in [4.78, 5) is 0. The summed E-state index contributed by atoms with van der Waals surface area (Å²) in [6.45, 7) is 1.59. The number of rotatable bonds is 1. The van der Waals surface area contributed by atoms with Crippen molar-refractivity contribution in [2.45, 2.75) is 19.4 Å². The number of nitrogens with zero attached hydrogens (tertiary/aromatic N) is 1. The molecule has 0 aromatic rings. The van der Waals surface area contributed by atoms with Gasteiger partial charge in [-0.25, -0.2) is 0 Å². The Kier molecular flexibility index (Phi) is 2.43. The highest BCUT2D eigenvalue weighted by Crippen LogP contribution is 1.82. The van der Waals surface area contributed by atoms with E-state index in [1.54, 1.807) is 6.92 Å². The van der Waals surface area contributed by atoms with Crippen molar-refractivity contribution in [3.8, 4) is 6.07 Å². The van der Waals surface area contributed by atoms with Gasteiger partial charge in [0.25, 0.3) is 0 Å². The fourth-order valence-electron chi connectivity index (χ4n) is 0.132. The van der Waals surface area contributed by atoms with Crippen LogP contribution < -0.4 is 0 Å². The molecule has 0 rings (SSSR count). The molecule has 2 heteroatoms. The Hall–Kier alpha value is -0.550. The molecule has 0 aliphatic carbocycles. The Morgan fingerprint density at radius 1 is 2.00 bits per heavy atom. The van der Waals surface area contributed by atoms with Crippen LogP contribution in [0.25, 0.3) is 0 Å². The average Bonchev–Trinajstić information content (AvgIpc) is 1.35. The molecule has 0 spiro atoms. The number of aliphatic hydroxyl groups is 1. The maximum absolute atomic E-state index is 8.33. The SMILES string of the molecule is [13CH3]C(O)CC#N. The van der Waals surface area contributed by atoms with Gasteiger partial charge in [0.05, 0.1) is 18.6 Å². The highest BCUT2D eigenvalue weighted by molar-refractivity contribution is 4.71. The summed E-state index contributed by atoms with van der Waals surface area (Å²) in [6, 6.07) is 1.82. The van der Waals surface area contributed by atoms with Crippen LogP contribution in [-0.4, -0.2) is 11.2 Å².